The minimum atomic E-state index is -0.0638. The number of ether oxygens (including phenoxy) is 2. The van der Waals surface area contributed by atoms with E-state index in [4.69, 9.17) is 21.1 Å². The second-order valence-electron chi connectivity index (χ2n) is 10.0. The lowest BCUT2D eigenvalue weighted by molar-refractivity contribution is -0.118. The van der Waals surface area contributed by atoms with Crippen molar-refractivity contribution in [1.82, 2.24) is 4.90 Å². The summed E-state index contributed by atoms with van der Waals surface area (Å²) in [5.74, 6) is 2.18. The molecule has 0 aliphatic carbocycles. The van der Waals surface area contributed by atoms with Crippen molar-refractivity contribution < 1.29 is 14.3 Å². The van der Waals surface area contributed by atoms with Gasteiger partial charge in [-0.05, 0) is 91.5 Å². The summed E-state index contributed by atoms with van der Waals surface area (Å²) in [5, 5.41) is 3.73. The summed E-state index contributed by atoms with van der Waals surface area (Å²) in [4.78, 5) is 14.6. The van der Waals surface area contributed by atoms with Crippen molar-refractivity contribution in [1.29, 1.82) is 0 Å². The molecular formula is C31H37ClN2O3. The van der Waals surface area contributed by atoms with Gasteiger partial charge in [-0.3, -0.25) is 4.79 Å². The standard InChI is InChI=1S/C31H37ClN2O3/c1-22(2)31(35)33-27-6-4-5-25(21-27)23-15-18-34(19-16-23)20-17-30(24-7-11-28(36-3)12-8-24)37-29-13-9-26(32)10-14-29/h4-14,21-23,30H,15-20H2,1-3H3,(H,33,35). The highest BCUT2D eigenvalue weighted by Crippen LogP contribution is 2.32. The van der Waals surface area contributed by atoms with Crippen LogP contribution in [0.15, 0.2) is 72.8 Å². The van der Waals surface area contributed by atoms with E-state index in [1.54, 1.807) is 7.11 Å². The minimum absolute atomic E-state index is 0.0303. The van der Waals surface area contributed by atoms with Gasteiger partial charge in [0, 0.05) is 29.6 Å². The van der Waals surface area contributed by atoms with Crippen LogP contribution in [0.3, 0.4) is 0 Å². The first-order valence-electron chi connectivity index (χ1n) is 13.1. The molecule has 1 atom stereocenters. The van der Waals surface area contributed by atoms with E-state index in [0.717, 1.165) is 61.6 Å². The Balaban J connectivity index is 1.35. The van der Waals surface area contributed by atoms with Crippen molar-refractivity contribution in [3.63, 3.8) is 0 Å². The van der Waals surface area contributed by atoms with Gasteiger partial charge in [0.25, 0.3) is 0 Å². The molecule has 1 aliphatic rings. The monoisotopic (exact) mass is 520 g/mol. The number of likely N-dealkylation sites (tertiary alicyclic amines) is 1. The fourth-order valence-electron chi connectivity index (χ4n) is 4.74. The Kier molecular flexibility index (Phi) is 9.48. The van der Waals surface area contributed by atoms with Crippen molar-refractivity contribution in [3.05, 3.63) is 88.9 Å². The molecule has 5 nitrogen and oxygen atoms in total. The quantitative estimate of drug-likeness (QED) is 0.304. The SMILES string of the molecule is COc1ccc(C(CCN2CCC(c3cccc(NC(=O)C(C)C)c3)CC2)Oc2ccc(Cl)cc2)cc1. The van der Waals surface area contributed by atoms with Crippen molar-refractivity contribution in [2.45, 2.75) is 45.1 Å². The molecule has 0 spiro atoms. The Morgan fingerprint density at radius 2 is 1.68 bits per heavy atom. The van der Waals surface area contributed by atoms with Crippen LogP contribution in [0.4, 0.5) is 5.69 Å². The molecule has 1 fully saturated rings. The Morgan fingerprint density at radius 3 is 2.32 bits per heavy atom. The maximum atomic E-state index is 12.1. The summed E-state index contributed by atoms with van der Waals surface area (Å²) in [7, 11) is 1.68. The normalized spacial score (nSPS) is 15.4. The van der Waals surface area contributed by atoms with E-state index in [9.17, 15) is 4.79 Å². The largest absolute Gasteiger partial charge is 0.497 e. The third-order valence-corrected chi connectivity index (χ3v) is 7.28. The molecule has 6 heteroatoms. The zero-order chi connectivity index (χ0) is 26.2. The zero-order valence-corrected chi connectivity index (χ0v) is 22.7. The summed E-state index contributed by atoms with van der Waals surface area (Å²) in [6.07, 6.45) is 3.03. The Bertz CT molecular complexity index is 1140. The second-order valence-corrected chi connectivity index (χ2v) is 10.4. The molecule has 1 amide bonds. The summed E-state index contributed by atoms with van der Waals surface area (Å²) in [6.45, 7) is 6.87. The lowest BCUT2D eigenvalue weighted by Gasteiger charge is -2.33. The summed E-state index contributed by atoms with van der Waals surface area (Å²) in [5.41, 5.74) is 3.33. The lowest BCUT2D eigenvalue weighted by atomic mass is 9.89. The Labute approximate surface area is 225 Å². The van der Waals surface area contributed by atoms with E-state index >= 15 is 0 Å². The molecule has 1 heterocycles. The van der Waals surface area contributed by atoms with Gasteiger partial charge >= 0.3 is 0 Å². The van der Waals surface area contributed by atoms with E-state index in [-0.39, 0.29) is 17.9 Å². The first-order chi connectivity index (χ1) is 17.9. The van der Waals surface area contributed by atoms with Gasteiger partial charge in [0.15, 0.2) is 0 Å². The number of nitrogens with one attached hydrogen (secondary N) is 1. The maximum Gasteiger partial charge on any atom is 0.226 e. The molecule has 3 aromatic carbocycles. The highest BCUT2D eigenvalue weighted by Gasteiger charge is 2.23. The number of carbonyl (C=O) groups excluding carboxylic acids is 1. The Hall–Kier alpha value is -3.02. The molecule has 3 aromatic rings. The first kappa shape index (κ1) is 27.0. The molecule has 1 saturated heterocycles. The number of anilines is 1. The van der Waals surface area contributed by atoms with E-state index < -0.39 is 0 Å². The topological polar surface area (TPSA) is 50.8 Å². The molecule has 4 rings (SSSR count). The van der Waals surface area contributed by atoms with E-state index in [2.05, 4.69) is 34.5 Å². The zero-order valence-electron chi connectivity index (χ0n) is 22.0. The molecule has 1 N–H and O–H groups in total. The van der Waals surface area contributed by atoms with E-state index in [1.807, 2.05) is 62.4 Å². The van der Waals surface area contributed by atoms with Gasteiger partial charge in [-0.15, -0.1) is 0 Å². The lowest BCUT2D eigenvalue weighted by Crippen LogP contribution is -2.34. The van der Waals surface area contributed by atoms with Gasteiger partial charge in [0.05, 0.1) is 7.11 Å². The molecular weight excluding hydrogens is 484 g/mol. The van der Waals surface area contributed by atoms with Crippen molar-refractivity contribution in [2.24, 2.45) is 5.92 Å². The number of benzene rings is 3. The van der Waals surface area contributed by atoms with E-state index in [0.29, 0.717) is 10.9 Å². The fraction of sp³-hybridized carbons (Fsp3) is 0.387. The van der Waals surface area contributed by atoms with Crippen LogP contribution in [-0.2, 0) is 4.79 Å². The summed E-state index contributed by atoms with van der Waals surface area (Å²) >= 11 is 6.07. The average molecular weight is 521 g/mol. The molecule has 1 aliphatic heterocycles. The predicted molar refractivity (Wildman–Crippen MR) is 151 cm³/mol. The van der Waals surface area contributed by atoms with Crippen LogP contribution in [0.2, 0.25) is 5.02 Å². The van der Waals surface area contributed by atoms with Crippen LogP contribution in [0.5, 0.6) is 11.5 Å². The minimum Gasteiger partial charge on any atom is -0.497 e. The molecule has 0 saturated carbocycles. The number of piperidine rings is 1. The smallest absolute Gasteiger partial charge is 0.226 e. The molecule has 37 heavy (non-hydrogen) atoms. The molecule has 0 radical (unpaired) electrons. The number of hydrogen-bond acceptors (Lipinski definition) is 4. The van der Waals surface area contributed by atoms with Gasteiger partial charge in [-0.2, -0.15) is 0 Å². The maximum absolute atomic E-state index is 12.1. The van der Waals surface area contributed by atoms with Crippen LogP contribution < -0.4 is 14.8 Å². The van der Waals surface area contributed by atoms with Crippen LogP contribution in [-0.4, -0.2) is 37.6 Å². The summed E-state index contributed by atoms with van der Waals surface area (Å²) < 4.78 is 11.7. The Morgan fingerprint density at radius 1 is 1.00 bits per heavy atom. The van der Waals surface area contributed by atoms with Crippen LogP contribution >= 0.6 is 11.6 Å². The van der Waals surface area contributed by atoms with E-state index in [1.165, 1.54) is 5.56 Å². The van der Waals surface area contributed by atoms with Gasteiger partial charge in [-0.1, -0.05) is 49.7 Å². The van der Waals surface area contributed by atoms with Crippen molar-refractivity contribution in [3.8, 4) is 11.5 Å². The van der Waals surface area contributed by atoms with Gasteiger partial charge in [-0.25, -0.2) is 0 Å². The third-order valence-electron chi connectivity index (χ3n) is 7.02. The molecule has 196 valence electrons. The summed E-state index contributed by atoms with van der Waals surface area (Å²) in [6, 6.07) is 24.0. The van der Waals surface area contributed by atoms with Gasteiger partial charge in [0.1, 0.15) is 17.6 Å². The number of methoxy groups -OCH3 is 1. The molecule has 0 bridgehead atoms. The second kappa shape index (κ2) is 13.0. The van der Waals surface area contributed by atoms with Crippen molar-refractivity contribution in [2.75, 3.05) is 32.1 Å². The van der Waals surface area contributed by atoms with Gasteiger partial charge < -0.3 is 19.7 Å². The number of nitrogens with zero attached hydrogens (tertiary/aromatic N) is 1. The van der Waals surface area contributed by atoms with Crippen molar-refractivity contribution >= 4 is 23.2 Å². The number of carbonyl (C=O) groups is 1. The third kappa shape index (κ3) is 7.73. The molecule has 1 unspecified atom stereocenters. The van der Waals surface area contributed by atoms with Crippen LogP contribution in [0.25, 0.3) is 0 Å². The number of amides is 1. The highest BCUT2D eigenvalue weighted by molar-refractivity contribution is 6.30. The number of halogens is 1. The highest BCUT2D eigenvalue weighted by atomic mass is 35.5. The first-order valence-corrected chi connectivity index (χ1v) is 13.5. The van der Waals surface area contributed by atoms with Crippen LogP contribution in [0.1, 0.15) is 56.3 Å². The fourth-order valence-corrected chi connectivity index (χ4v) is 4.86. The predicted octanol–water partition coefficient (Wildman–Crippen LogP) is 7.33. The average Bonchev–Trinajstić information content (AvgIpc) is 2.92. The molecule has 0 aromatic heterocycles. The van der Waals surface area contributed by atoms with Gasteiger partial charge in [0.2, 0.25) is 5.91 Å². The van der Waals surface area contributed by atoms with Crippen LogP contribution in [0, 0.1) is 5.92 Å². The number of hydrogen-bond donors (Lipinski definition) is 1. The number of rotatable bonds is 10.